The van der Waals surface area contributed by atoms with Gasteiger partial charge in [-0.15, -0.1) is 0 Å². The van der Waals surface area contributed by atoms with E-state index in [0.717, 1.165) is 15.5 Å². The molecule has 66 valence electrons. The summed E-state index contributed by atoms with van der Waals surface area (Å²) in [5.74, 6) is 0. The molecule has 0 saturated carbocycles. The Hall–Kier alpha value is -0.840. The maximum atomic E-state index is 10.5. The summed E-state index contributed by atoms with van der Waals surface area (Å²) in [5.41, 5.74) is 0. The van der Waals surface area contributed by atoms with Crippen LogP contribution < -0.4 is 45.2 Å². The van der Waals surface area contributed by atoms with Crippen molar-refractivity contribution in [3.8, 4) is 0 Å². The molecule has 0 N–H and O–H groups in total. The zero-order valence-corrected chi connectivity index (χ0v) is 9.80. The van der Waals surface area contributed by atoms with E-state index in [1.54, 1.807) is 0 Å². The summed E-state index contributed by atoms with van der Waals surface area (Å²) < 4.78 is 0. The fraction of sp³-hybridized carbons (Fsp3) is 0.111. The largest absolute Gasteiger partial charge is 1.00 e. The van der Waals surface area contributed by atoms with E-state index in [4.69, 9.17) is 0 Å². The van der Waals surface area contributed by atoms with Crippen LogP contribution in [0.2, 0.25) is 0 Å². The van der Waals surface area contributed by atoms with Crippen LogP contribution in [-0.4, -0.2) is 17.7 Å². The first-order valence-corrected chi connectivity index (χ1v) is 3.86. The van der Waals surface area contributed by atoms with Crippen molar-refractivity contribution in [1.82, 2.24) is 4.90 Å². The van der Waals surface area contributed by atoms with Crippen LogP contribution in [0, 0.1) is 0 Å². The number of hydrogen-bond donors (Lipinski definition) is 0. The third kappa shape index (κ3) is 2.15. The van der Waals surface area contributed by atoms with Crippen molar-refractivity contribution in [3.63, 3.8) is 0 Å². The molecule has 0 atom stereocenters. The third-order valence-corrected chi connectivity index (χ3v) is 1.86. The van der Waals surface area contributed by atoms with E-state index >= 15 is 0 Å². The predicted octanol–water partition coefficient (Wildman–Crippen LogP) is -4.34. The van der Waals surface area contributed by atoms with Gasteiger partial charge in [0.15, 0.2) is 0 Å². The van der Waals surface area contributed by atoms with Crippen molar-refractivity contribution >= 4 is 12.3 Å². The maximum Gasteiger partial charge on any atom is 1.00 e. The number of rotatable bonds is 0. The number of carbonyl (C=O) groups excluding carboxylic acids is 1. The van der Waals surface area contributed by atoms with Gasteiger partial charge in [-0.25, -0.2) is 0 Å². The molecule has 0 saturated heterocycles. The van der Waals surface area contributed by atoms with E-state index in [1.807, 2.05) is 24.3 Å². The van der Waals surface area contributed by atoms with Gasteiger partial charge in [-0.1, -0.05) is 18.2 Å². The van der Waals surface area contributed by atoms with Crippen LogP contribution in [-0.2, 0) is 0 Å². The van der Waals surface area contributed by atoms with Crippen molar-refractivity contribution < 1.29 is 39.5 Å². The second-order valence-electron chi connectivity index (χ2n) is 2.72. The first-order chi connectivity index (χ1) is 6.27. The van der Waals surface area contributed by atoms with Gasteiger partial charge in [0.05, 0.1) is 5.36 Å². The van der Waals surface area contributed by atoms with Gasteiger partial charge in [0.2, 0.25) is 0 Å². The second-order valence-corrected chi connectivity index (χ2v) is 2.72. The summed E-state index contributed by atoms with van der Waals surface area (Å²) in [5, 5.41) is 12.1. The average molecular weight is 198 g/mol. The zero-order chi connectivity index (χ0) is 9.26. The molecule has 2 rings (SSSR count). The topological polar surface area (TPSA) is 55.7 Å². The van der Waals surface area contributed by atoms with Gasteiger partial charge in [0.25, 0.3) is 0 Å². The Morgan fingerprint density at radius 1 is 1.43 bits per heavy atom. The van der Waals surface area contributed by atoms with Crippen LogP contribution in [0.15, 0.2) is 29.3 Å². The Bertz CT molecular complexity index is 458. The molecule has 0 aromatic heterocycles. The first kappa shape index (κ1) is 11.2. The van der Waals surface area contributed by atoms with Crippen molar-refractivity contribution in [1.29, 1.82) is 0 Å². The minimum Gasteiger partial charge on any atom is -0.530 e. The molecule has 1 aliphatic heterocycles. The number of para-hydroxylation sites is 1. The van der Waals surface area contributed by atoms with Crippen LogP contribution in [0.3, 0.4) is 0 Å². The van der Waals surface area contributed by atoms with Crippen molar-refractivity contribution in [3.05, 3.63) is 34.8 Å². The molecule has 14 heavy (non-hydrogen) atoms. The number of carbonyl (C=O) groups is 1. The van der Waals surface area contributed by atoms with Gasteiger partial charge >= 0.3 is 29.6 Å². The van der Waals surface area contributed by atoms with E-state index in [2.05, 4.69) is 4.99 Å². The molecule has 0 spiro atoms. The van der Waals surface area contributed by atoms with Gasteiger partial charge < -0.3 is 14.8 Å². The predicted molar refractivity (Wildman–Crippen MR) is 43.8 cm³/mol. The Morgan fingerprint density at radius 2 is 2.14 bits per heavy atom. The number of fused-ring (bicyclic) bond motifs is 1. The van der Waals surface area contributed by atoms with E-state index in [-0.39, 0.29) is 36.2 Å². The molecule has 1 heterocycles. The molecule has 1 aromatic rings. The van der Waals surface area contributed by atoms with E-state index < -0.39 is 6.09 Å². The molecule has 1 amide bonds. The monoisotopic (exact) mass is 198 g/mol. The summed E-state index contributed by atoms with van der Waals surface area (Å²) in [6.07, 6.45) is 0.302. The van der Waals surface area contributed by atoms with Gasteiger partial charge in [0, 0.05) is 11.4 Å². The van der Waals surface area contributed by atoms with Crippen LogP contribution >= 0.6 is 0 Å². The van der Waals surface area contributed by atoms with Crippen LogP contribution in [0.4, 0.5) is 4.79 Å². The summed E-state index contributed by atoms with van der Waals surface area (Å²) in [6.45, 7) is 0.124. The van der Waals surface area contributed by atoms with Crippen LogP contribution in [0.1, 0.15) is 0 Å². The normalized spacial score (nSPS) is 13.0. The molecule has 0 unspecified atom stereocenters. The molecule has 0 radical (unpaired) electrons. The second kappa shape index (κ2) is 4.59. The van der Waals surface area contributed by atoms with Crippen LogP contribution in [0.5, 0.6) is 0 Å². The fourth-order valence-electron chi connectivity index (χ4n) is 1.21. The number of amides is 1. The van der Waals surface area contributed by atoms with E-state index in [1.165, 1.54) is 6.20 Å². The molecular formula is C9H7N2NaO2. The third-order valence-electron chi connectivity index (χ3n) is 1.86. The quantitative estimate of drug-likeness (QED) is 0.396. The summed E-state index contributed by atoms with van der Waals surface area (Å²) >= 11 is 0. The van der Waals surface area contributed by atoms with Gasteiger partial charge in [-0.3, -0.25) is 4.99 Å². The van der Waals surface area contributed by atoms with E-state index in [9.17, 15) is 9.90 Å². The maximum absolute atomic E-state index is 10.5. The average Bonchev–Trinajstić information content (AvgIpc) is 2.17. The van der Waals surface area contributed by atoms with E-state index in [0.29, 0.717) is 0 Å². The first-order valence-electron chi connectivity index (χ1n) is 3.86. The minimum absolute atomic E-state index is 0. The molecule has 0 bridgehead atoms. The fourth-order valence-corrected chi connectivity index (χ4v) is 1.21. The van der Waals surface area contributed by atoms with Crippen molar-refractivity contribution in [2.24, 2.45) is 4.99 Å². The summed E-state index contributed by atoms with van der Waals surface area (Å²) in [7, 11) is 0. The molecule has 0 aliphatic carbocycles. The number of nitrogens with zero attached hydrogens (tertiary/aromatic N) is 2. The van der Waals surface area contributed by atoms with Crippen molar-refractivity contribution in [2.75, 3.05) is 6.67 Å². The Morgan fingerprint density at radius 3 is 2.86 bits per heavy atom. The van der Waals surface area contributed by atoms with Crippen LogP contribution in [0.25, 0.3) is 6.20 Å². The minimum atomic E-state index is -1.22. The molecular weight excluding hydrogens is 191 g/mol. The standard InChI is InChI=1S/C9H8N2O2.Na/c12-9(13)11-5-7-3-1-2-4-8(7)10-6-11;/h1-5H,6H2,(H,12,13);/q;+1/p-1. The Labute approximate surface area is 103 Å². The Balaban J connectivity index is 0.000000980. The SMILES string of the molecule is O=C([O-])N1C=c2ccccc2=NC1.[Na+]. The van der Waals surface area contributed by atoms with Gasteiger partial charge in [-0.05, 0) is 6.07 Å². The zero-order valence-electron chi connectivity index (χ0n) is 7.80. The summed E-state index contributed by atoms with van der Waals surface area (Å²) in [6, 6.07) is 7.36. The molecule has 4 nitrogen and oxygen atoms in total. The summed E-state index contributed by atoms with van der Waals surface area (Å²) in [4.78, 5) is 15.6. The number of hydrogen-bond acceptors (Lipinski definition) is 3. The number of carboxylic acid groups (broad SMARTS) is 1. The molecule has 1 aliphatic rings. The van der Waals surface area contributed by atoms with Crippen molar-refractivity contribution in [2.45, 2.75) is 0 Å². The number of benzene rings is 1. The molecule has 1 aromatic carbocycles. The van der Waals surface area contributed by atoms with Gasteiger partial charge in [-0.2, -0.15) is 0 Å². The van der Waals surface area contributed by atoms with Gasteiger partial charge in [0.1, 0.15) is 12.8 Å². The Kier molecular flexibility index (Phi) is 3.69. The smallest absolute Gasteiger partial charge is 0.530 e. The molecule has 5 heteroatoms. The molecule has 0 fully saturated rings.